The van der Waals surface area contributed by atoms with E-state index in [-0.39, 0.29) is 5.82 Å². The van der Waals surface area contributed by atoms with Crippen molar-refractivity contribution in [3.05, 3.63) is 23.7 Å². The third-order valence-corrected chi connectivity index (χ3v) is 1.94. The maximum atomic E-state index is 10.4. The number of H-pyrrole nitrogens is 1. The van der Waals surface area contributed by atoms with Crippen molar-refractivity contribution in [2.75, 3.05) is 0 Å². The third kappa shape index (κ3) is 1.40. The molecule has 0 amide bonds. The number of alkyl halides is 1. The van der Waals surface area contributed by atoms with Gasteiger partial charge in [0.25, 0.3) is 0 Å². The zero-order chi connectivity index (χ0) is 9.26. The lowest BCUT2D eigenvalue weighted by molar-refractivity contribution is 0.111. The number of imidazole rings is 1. The highest BCUT2D eigenvalue weighted by Gasteiger charge is 2.02. The van der Waals surface area contributed by atoms with Crippen LogP contribution in [-0.2, 0) is 5.88 Å². The Morgan fingerprint density at radius 3 is 3.00 bits per heavy atom. The SMILES string of the molecule is O=Cc1nc2nc(CCl)ccc2[nH]1. The Morgan fingerprint density at radius 1 is 1.46 bits per heavy atom. The lowest BCUT2D eigenvalue weighted by Crippen LogP contribution is -1.84. The first-order valence-electron chi connectivity index (χ1n) is 3.70. The van der Waals surface area contributed by atoms with Gasteiger partial charge in [0.2, 0.25) is 0 Å². The largest absolute Gasteiger partial charge is 0.334 e. The zero-order valence-corrected chi connectivity index (χ0v) is 7.38. The highest BCUT2D eigenvalue weighted by Crippen LogP contribution is 2.10. The van der Waals surface area contributed by atoms with Crippen molar-refractivity contribution in [2.24, 2.45) is 0 Å². The molecule has 0 saturated heterocycles. The fourth-order valence-electron chi connectivity index (χ4n) is 1.08. The molecule has 5 heteroatoms. The van der Waals surface area contributed by atoms with Crippen LogP contribution in [-0.4, -0.2) is 21.2 Å². The van der Waals surface area contributed by atoms with E-state index in [9.17, 15) is 4.79 Å². The highest BCUT2D eigenvalue weighted by atomic mass is 35.5. The first-order valence-corrected chi connectivity index (χ1v) is 4.23. The van der Waals surface area contributed by atoms with Crippen LogP contribution in [0.3, 0.4) is 0 Å². The number of carbonyl (C=O) groups excluding carboxylic acids is 1. The smallest absolute Gasteiger partial charge is 0.185 e. The summed E-state index contributed by atoms with van der Waals surface area (Å²) >= 11 is 5.60. The summed E-state index contributed by atoms with van der Waals surface area (Å²) in [6.07, 6.45) is 0.655. The second-order valence-corrected chi connectivity index (χ2v) is 2.81. The maximum Gasteiger partial charge on any atom is 0.185 e. The molecule has 0 aliphatic heterocycles. The molecule has 0 aromatic carbocycles. The van der Waals surface area contributed by atoms with Gasteiger partial charge in [0, 0.05) is 0 Å². The number of carbonyl (C=O) groups is 1. The molecule has 2 rings (SSSR count). The summed E-state index contributed by atoms with van der Waals surface area (Å²) in [4.78, 5) is 21.3. The zero-order valence-electron chi connectivity index (χ0n) is 6.62. The Balaban J connectivity index is 2.63. The molecule has 0 fully saturated rings. The molecule has 0 saturated carbocycles. The van der Waals surface area contributed by atoms with Crippen molar-refractivity contribution in [3.63, 3.8) is 0 Å². The van der Waals surface area contributed by atoms with Gasteiger partial charge in [-0.25, -0.2) is 9.97 Å². The van der Waals surface area contributed by atoms with E-state index in [4.69, 9.17) is 11.6 Å². The number of nitrogens with zero attached hydrogens (tertiary/aromatic N) is 2. The molecule has 0 spiro atoms. The molecule has 13 heavy (non-hydrogen) atoms. The van der Waals surface area contributed by atoms with Crippen LogP contribution in [0.5, 0.6) is 0 Å². The number of aromatic amines is 1. The number of nitrogens with one attached hydrogen (secondary N) is 1. The van der Waals surface area contributed by atoms with Gasteiger partial charge in [-0.2, -0.15) is 0 Å². The standard InChI is InChI=1S/C8H6ClN3O/c9-3-5-1-2-6-8(10-5)12-7(4-13)11-6/h1-2,4H,3H2,(H,10,11,12). The number of pyridine rings is 1. The Labute approximate surface area is 79.0 Å². The van der Waals surface area contributed by atoms with E-state index in [2.05, 4.69) is 15.0 Å². The summed E-state index contributed by atoms with van der Waals surface area (Å²) in [6.45, 7) is 0. The second-order valence-electron chi connectivity index (χ2n) is 2.55. The fourth-order valence-corrected chi connectivity index (χ4v) is 1.23. The molecule has 1 N–H and O–H groups in total. The van der Waals surface area contributed by atoms with Crippen LogP contribution in [0.2, 0.25) is 0 Å². The van der Waals surface area contributed by atoms with Crippen molar-refractivity contribution < 1.29 is 4.79 Å². The lowest BCUT2D eigenvalue weighted by Gasteiger charge is -1.91. The van der Waals surface area contributed by atoms with E-state index in [0.717, 1.165) is 11.2 Å². The number of hydrogen-bond acceptors (Lipinski definition) is 3. The quantitative estimate of drug-likeness (QED) is 0.584. The van der Waals surface area contributed by atoms with Gasteiger partial charge in [0.05, 0.1) is 17.1 Å². The predicted octanol–water partition coefficient (Wildman–Crippen LogP) is 1.51. The Bertz CT molecular complexity index is 452. The van der Waals surface area contributed by atoms with Gasteiger partial charge < -0.3 is 4.98 Å². The molecule has 0 unspecified atom stereocenters. The molecular formula is C8H6ClN3O. The first kappa shape index (κ1) is 8.19. The second kappa shape index (κ2) is 3.14. The molecule has 0 bridgehead atoms. The molecule has 4 nitrogen and oxygen atoms in total. The molecule has 0 atom stereocenters. The van der Waals surface area contributed by atoms with Crippen molar-refractivity contribution in [2.45, 2.75) is 5.88 Å². The number of aromatic nitrogens is 3. The Kier molecular flexibility index (Phi) is 1.98. The number of aldehydes is 1. The molecule has 2 aromatic rings. The van der Waals surface area contributed by atoms with Crippen LogP contribution in [0, 0.1) is 0 Å². The van der Waals surface area contributed by atoms with Gasteiger partial charge in [-0.3, -0.25) is 4.79 Å². The van der Waals surface area contributed by atoms with Gasteiger partial charge in [-0.1, -0.05) is 0 Å². The monoisotopic (exact) mass is 195 g/mol. The van der Waals surface area contributed by atoms with E-state index in [1.54, 1.807) is 12.1 Å². The van der Waals surface area contributed by atoms with Gasteiger partial charge >= 0.3 is 0 Å². The molecule has 0 aliphatic carbocycles. The van der Waals surface area contributed by atoms with Gasteiger partial charge in [0.15, 0.2) is 17.8 Å². The lowest BCUT2D eigenvalue weighted by atomic mass is 10.3. The van der Waals surface area contributed by atoms with Crippen molar-refractivity contribution in [1.82, 2.24) is 15.0 Å². The average Bonchev–Trinajstić information content (AvgIpc) is 2.58. The van der Waals surface area contributed by atoms with Crippen LogP contribution in [0.25, 0.3) is 11.2 Å². The minimum atomic E-state index is 0.286. The molecule has 66 valence electrons. The van der Waals surface area contributed by atoms with E-state index < -0.39 is 0 Å². The van der Waals surface area contributed by atoms with Crippen molar-refractivity contribution in [3.8, 4) is 0 Å². The number of hydrogen-bond donors (Lipinski definition) is 1. The van der Waals surface area contributed by atoms with Crippen LogP contribution >= 0.6 is 11.6 Å². The van der Waals surface area contributed by atoms with E-state index in [1.165, 1.54) is 0 Å². The predicted molar refractivity (Wildman–Crippen MR) is 48.8 cm³/mol. The number of halogens is 1. The van der Waals surface area contributed by atoms with Gasteiger partial charge in [-0.15, -0.1) is 11.6 Å². The summed E-state index contributed by atoms with van der Waals surface area (Å²) in [5.74, 6) is 0.633. The summed E-state index contributed by atoms with van der Waals surface area (Å²) in [7, 11) is 0. The van der Waals surface area contributed by atoms with Crippen molar-refractivity contribution >= 4 is 29.1 Å². The van der Waals surface area contributed by atoms with E-state index in [1.807, 2.05) is 0 Å². The Morgan fingerprint density at radius 2 is 2.31 bits per heavy atom. The Hall–Kier alpha value is -1.42. The van der Waals surface area contributed by atoms with Crippen LogP contribution in [0.15, 0.2) is 12.1 Å². The van der Waals surface area contributed by atoms with Crippen LogP contribution in [0.4, 0.5) is 0 Å². The summed E-state index contributed by atoms with van der Waals surface area (Å²) in [6, 6.07) is 3.60. The molecule has 0 radical (unpaired) electrons. The van der Waals surface area contributed by atoms with Crippen molar-refractivity contribution in [1.29, 1.82) is 0 Å². The summed E-state index contributed by atoms with van der Waals surface area (Å²) in [5, 5.41) is 0. The number of fused-ring (bicyclic) bond motifs is 1. The molecule has 2 aromatic heterocycles. The molecular weight excluding hydrogens is 190 g/mol. The van der Waals surface area contributed by atoms with Gasteiger partial charge in [0.1, 0.15) is 0 Å². The van der Waals surface area contributed by atoms with Crippen LogP contribution in [0.1, 0.15) is 16.3 Å². The van der Waals surface area contributed by atoms with Crippen LogP contribution < -0.4 is 0 Å². The first-order chi connectivity index (χ1) is 6.33. The third-order valence-electron chi connectivity index (χ3n) is 1.67. The molecule has 2 heterocycles. The normalized spacial score (nSPS) is 10.5. The molecule has 0 aliphatic rings. The minimum absolute atomic E-state index is 0.286. The number of rotatable bonds is 2. The average molecular weight is 196 g/mol. The maximum absolute atomic E-state index is 10.4. The minimum Gasteiger partial charge on any atom is -0.334 e. The van der Waals surface area contributed by atoms with Gasteiger partial charge in [-0.05, 0) is 12.1 Å². The topological polar surface area (TPSA) is 58.6 Å². The highest BCUT2D eigenvalue weighted by molar-refractivity contribution is 6.16. The van der Waals surface area contributed by atoms with E-state index in [0.29, 0.717) is 17.8 Å². The summed E-state index contributed by atoms with van der Waals surface area (Å²) < 4.78 is 0. The summed E-state index contributed by atoms with van der Waals surface area (Å²) in [5.41, 5.74) is 2.02. The fraction of sp³-hybridized carbons (Fsp3) is 0.125. The van der Waals surface area contributed by atoms with E-state index >= 15 is 0 Å².